The van der Waals surface area contributed by atoms with E-state index in [1.165, 1.54) is 0 Å². The minimum atomic E-state index is -3.24. The molecule has 0 bridgehead atoms. The van der Waals surface area contributed by atoms with Gasteiger partial charge < -0.3 is 4.74 Å². The lowest BCUT2D eigenvalue weighted by Crippen LogP contribution is -2.14. The van der Waals surface area contributed by atoms with Crippen LogP contribution in [0, 0.1) is 17.6 Å². The molecule has 21 heavy (non-hydrogen) atoms. The normalized spacial score (nSPS) is 22.6. The minimum absolute atomic E-state index is 0.0844. The molecular weight excluding hydrogens is 352 g/mol. The van der Waals surface area contributed by atoms with E-state index in [-0.39, 0.29) is 5.92 Å². The molecule has 2 rings (SSSR count). The van der Waals surface area contributed by atoms with E-state index in [9.17, 15) is 17.6 Å². The summed E-state index contributed by atoms with van der Waals surface area (Å²) >= 11 is 3.42. The first kappa shape index (κ1) is 16.6. The molecule has 0 N–H and O–H groups in total. The van der Waals surface area contributed by atoms with Gasteiger partial charge in [0.05, 0.1) is 0 Å². The first-order chi connectivity index (χ1) is 10.0. The Labute approximate surface area is 129 Å². The molecule has 6 heteroatoms. The van der Waals surface area contributed by atoms with Crippen LogP contribution in [0.1, 0.15) is 43.6 Å². The number of hydrogen-bond donors (Lipinski definition) is 0. The average molecular weight is 369 g/mol. The van der Waals surface area contributed by atoms with Crippen molar-refractivity contribution in [3.63, 3.8) is 0 Å². The molecule has 0 saturated heterocycles. The zero-order valence-electron chi connectivity index (χ0n) is 11.4. The Kier molecular flexibility index (Phi) is 5.90. The van der Waals surface area contributed by atoms with Gasteiger partial charge in [0.2, 0.25) is 0 Å². The molecule has 1 aliphatic carbocycles. The van der Waals surface area contributed by atoms with Crippen LogP contribution in [-0.2, 0) is 0 Å². The third kappa shape index (κ3) is 4.34. The lowest BCUT2D eigenvalue weighted by atomic mass is 9.78. The van der Waals surface area contributed by atoms with Gasteiger partial charge in [0.15, 0.2) is 17.4 Å². The van der Waals surface area contributed by atoms with Crippen LogP contribution < -0.4 is 4.74 Å². The first-order valence-corrected chi connectivity index (χ1v) is 8.13. The molecule has 1 aliphatic rings. The Bertz CT molecular complexity index is 450. The van der Waals surface area contributed by atoms with Gasteiger partial charge in [-0.1, -0.05) is 15.9 Å². The van der Waals surface area contributed by atoms with Crippen LogP contribution >= 0.6 is 15.9 Å². The quantitative estimate of drug-likeness (QED) is 0.483. The lowest BCUT2D eigenvalue weighted by Gasteiger charge is -2.28. The summed E-state index contributed by atoms with van der Waals surface area (Å²) in [6.45, 7) is -3.24. The lowest BCUT2D eigenvalue weighted by molar-refractivity contribution is -0.0546. The van der Waals surface area contributed by atoms with E-state index >= 15 is 0 Å². The van der Waals surface area contributed by atoms with Gasteiger partial charge in [0.1, 0.15) is 0 Å². The Balaban J connectivity index is 2.08. The molecular formula is C15H17BrF4O. The summed E-state index contributed by atoms with van der Waals surface area (Å²) in [7, 11) is 0. The molecule has 1 fully saturated rings. The molecule has 118 valence electrons. The predicted octanol–water partition coefficient (Wildman–Crippen LogP) is 5.63. The molecule has 0 aromatic heterocycles. The second-order valence-corrected chi connectivity index (χ2v) is 6.18. The second-order valence-electron chi connectivity index (χ2n) is 5.39. The zero-order chi connectivity index (χ0) is 15.4. The zero-order valence-corrected chi connectivity index (χ0v) is 13.0. The predicted molar refractivity (Wildman–Crippen MR) is 76.1 cm³/mol. The van der Waals surface area contributed by atoms with Crippen molar-refractivity contribution in [3.8, 4) is 5.75 Å². The van der Waals surface area contributed by atoms with Gasteiger partial charge in [-0.15, -0.1) is 0 Å². The molecule has 0 unspecified atom stereocenters. The van der Waals surface area contributed by atoms with E-state index in [0.29, 0.717) is 11.5 Å². The van der Waals surface area contributed by atoms with Crippen molar-refractivity contribution in [3.05, 3.63) is 29.3 Å². The largest absolute Gasteiger partial charge is 0.429 e. The topological polar surface area (TPSA) is 9.23 Å². The third-order valence-electron chi connectivity index (χ3n) is 4.06. The van der Waals surface area contributed by atoms with E-state index in [1.807, 2.05) is 0 Å². The molecule has 1 saturated carbocycles. The Morgan fingerprint density at radius 3 is 2.14 bits per heavy atom. The monoisotopic (exact) mass is 368 g/mol. The summed E-state index contributed by atoms with van der Waals surface area (Å²) in [5.41, 5.74) is 0.531. The minimum Gasteiger partial charge on any atom is -0.429 e. The molecule has 1 aromatic rings. The second kappa shape index (κ2) is 7.47. The van der Waals surface area contributed by atoms with Gasteiger partial charge in [-0.2, -0.15) is 8.78 Å². The third-order valence-corrected chi connectivity index (χ3v) is 4.52. The van der Waals surface area contributed by atoms with Crippen LogP contribution in [0.2, 0.25) is 0 Å². The van der Waals surface area contributed by atoms with Gasteiger partial charge in [-0.3, -0.25) is 0 Å². The Hall–Kier alpha value is -0.780. The maximum atomic E-state index is 13.7. The highest BCUT2D eigenvalue weighted by atomic mass is 79.9. The van der Waals surface area contributed by atoms with Crippen molar-refractivity contribution >= 4 is 15.9 Å². The van der Waals surface area contributed by atoms with Crippen LogP contribution in [-0.4, -0.2) is 11.9 Å². The summed E-state index contributed by atoms with van der Waals surface area (Å²) in [5.74, 6) is -2.39. The summed E-state index contributed by atoms with van der Waals surface area (Å²) in [4.78, 5) is 0. The van der Waals surface area contributed by atoms with Crippen LogP contribution in [0.25, 0.3) is 0 Å². The molecule has 0 heterocycles. The van der Waals surface area contributed by atoms with Crippen molar-refractivity contribution in [2.75, 3.05) is 5.33 Å². The summed E-state index contributed by atoms with van der Waals surface area (Å²) in [5, 5.41) is 0.964. The number of benzene rings is 1. The average Bonchev–Trinajstić information content (AvgIpc) is 2.43. The van der Waals surface area contributed by atoms with Crippen molar-refractivity contribution in [2.45, 2.75) is 44.6 Å². The number of rotatable bonds is 5. The van der Waals surface area contributed by atoms with Crippen molar-refractivity contribution in [2.24, 2.45) is 5.92 Å². The smallest absolute Gasteiger partial charge is 0.387 e. The SMILES string of the molecule is Fc1cc(C2CCC(CCBr)CC2)cc(F)c1OC(F)F. The maximum Gasteiger partial charge on any atom is 0.387 e. The first-order valence-electron chi connectivity index (χ1n) is 7.01. The van der Waals surface area contributed by atoms with Gasteiger partial charge >= 0.3 is 6.61 Å². The fourth-order valence-corrected chi connectivity index (χ4v) is 3.60. The van der Waals surface area contributed by atoms with E-state index in [0.717, 1.165) is 49.6 Å². The van der Waals surface area contributed by atoms with Crippen molar-refractivity contribution < 1.29 is 22.3 Å². The van der Waals surface area contributed by atoms with Crippen molar-refractivity contribution in [1.29, 1.82) is 0 Å². The highest BCUT2D eigenvalue weighted by Gasteiger charge is 2.25. The number of ether oxygens (including phenoxy) is 1. The van der Waals surface area contributed by atoms with Crippen LogP contribution in [0.3, 0.4) is 0 Å². The molecule has 0 radical (unpaired) electrons. The van der Waals surface area contributed by atoms with Gasteiger partial charge in [0, 0.05) is 5.33 Å². The summed E-state index contributed by atoms with van der Waals surface area (Å²) in [6.07, 6.45) is 4.89. The highest BCUT2D eigenvalue weighted by molar-refractivity contribution is 9.09. The van der Waals surface area contributed by atoms with Gasteiger partial charge in [-0.05, 0) is 61.6 Å². The summed E-state index contributed by atoms with van der Waals surface area (Å²) in [6, 6.07) is 2.24. The molecule has 0 spiro atoms. The molecule has 1 nitrogen and oxygen atoms in total. The molecule has 0 amide bonds. The van der Waals surface area contributed by atoms with E-state index in [4.69, 9.17) is 0 Å². The van der Waals surface area contributed by atoms with E-state index < -0.39 is 24.0 Å². The van der Waals surface area contributed by atoms with Crippen molar-refractivity contribution in [1.82, 2.24) is 0 Å². The Morgan fingerprint density at radius 1 is 1.10 bits per heavy atom. The molecule has 0 atom stereocenters. The molecule has 1 aromatic carbocycles. The van der Waals surface area contributed by atoms with Gasteiger partial charge in [-0.25, -0.2) is 8.78 Å². The fourth-order valence-electron chi connectivity index (χ4n) is 2.96. The van der Waals surface area contributed by atoms with E-state index in [1.54, 1.807) is 0 Å². The van der Waals surface area contributed by atoms with Crippen LogP contribution in [0.15, 0.2) is 12.1 Å². The number of hydrogen-bond acceptors (Lipinski definition) is 1. The van der Waals surface area contributed by atoms with Gasteiger partial charge in [0.25, 0.3) is 0 Å². The molecule has 0 aliphatic heterocycles. The van der Waals surface area contributed by atoms with Crippen LogP contribution in [0.4, 0.5) is 17.6 Å². The summed E-state index contributed by atoms with van der Waals surface area (Å²) < 4.78 is 55.5. The number of halogens is 5. The standard InChI is InChI=1S/C15H17BrF4O/c16-6-5-9-1-3-10(4-2-9)11-7-12(17)14(13(18)8-11)21-15(19)20/h7-10,15H,1-6H2. The Morgan fingerprint density at radius 2 is 1.67 bits per heavy atom. The van der Waals surface area contributed by atoms with Crippen LogP contribution in [0.5, 0.6) is 5.75 Å². The van der Waals surface area contributed by atoms with E-state index in [2.05, 4.69) is 20.7 Å². The maximum absolute atomic E-state index is 13.7. The highest BCUT2D eigenvalue weighted by Crippen LogP contribution is 2.39. The number of alkyl halides is 3. The fraction of sp³-hybridized carbons (Fsp3) is 0.600.